The van der Waals surface area contributed by atoms with Crippen molar-refractivity contribution < 1.29 is 9.15 Å². The van der Waals surface area contributed by atoms with Crippen LogP contribution in [0.25, 0.3) is 0 Å². The van der Waals surface area contributed by atoms with Gasteiger partial charge in [-0.25, -0.2) is 9.98 Å². The molecule has 2 N–H and O–H groups in total. The molecular formula is C21H31N5O2. The molecule has 3 heterocycles. The number of pyridine rings is 1. The minimum atomic E-state index is 0.0364. The highest BCUT2D eigenvalue weighted by molar-refractivity contribution is 5.80. The van der Waals surface area contributed by atoms with Crippen LogP contribution in [-0.2, 0) is 11.3 Å². The first kappa shape index (κ1) is 20.2. The summed E-state index contributed by atoms with van der Waals surface area (Å²) < 4.78 is 11.3. The Labute approximate surface area is 167 Å². The number of aromatic nitrogens is 1. The van der Waals surface area contributed by atoms with Crippen molar-refractivity contribution in [2.45, 2.75) is 46.4 Å². The molecule has 0 amide bonds. The number of hydrogen-bond acceptors (Lipinski definition) is 5. The summed E-state index contributed by atoms with van der Waals surface area (Å²) >= 11 is 0. The third kappa shape index (κ3) is 5.48. The van der Waals surface area contributed by atoms with E-state index in [-0.39, 0.29) is 12.1 Å². The van der Waals surface area contributed by atoms with Gasteiger partial charge in [-0.3, -0.25) is 0 Å². The van der Waals surface area contributed by atoms with Gasteiger partial charge in [0.25, 0.3) is 0 Å². The Morgan fingerprint density at radius 1 is 1.39 bits per heavy atom. The Morgan fingerprint density at radius 2 is 2.25 bits per heavy atom. The summed E-state index contributed by atoms with van der Waals surface area (Å²) in [6.07, 6.45) is 2.09. The molecule has 152 valence electrons. The highest BCUT2D eigenvalue weighted by atomic mass is 16.5. The molecule has 0 aliphatic carbocycles. The fraction of sp³-hybridized carbons (Fsp3) is 0.524. The molecule has 0 saturated carbocycles. The van der Waals surface area contributed by atoms with E-state index in [9.17, 15) is 0 Å². The lowest BCUT2D eigenvalue weighted by Crippen LogP contribution is -2.41. The Bertz CT molecular complexity index is 789. The van der Waals surface area contributed by atoms with E-state index in [4.69, 9.17) is 14.1 Å². The van der Waals surface area contributed by atoms with E-state index in [2.05, 4.69) is 47.4 Å². The molecule has 2 atom stereocenters. The van der Waals surface area contributed by atoms with Crippen LogP contribution in [0, 0.1) is 6.92 Å². The fourth-order valence-corrected chi connectivity index (χ4v) is 3.21. The van der Waals surface area contributed by atoms with Gasteiger partial charge in [0.2, 0.25) is 0 Å². The standard InChI is InChI=1S/C21H31N5O2/c1-5-22-21(25-17(4)19-7-6-15(2)28-19)24-13-18-8-9-23-20(12-18)26-10-11-27-16(3)14-26/h6-9,12,16-17H,5,10-11,13-14H2,1-4H3,(H2,22,24,25). The number of nitrogens with one attached hydrogen (secondary N) is 2. The summed E-state index contributed by atoms with van der Waals surface area (Å²) in [5.41, 5.74) is 1.13. The van der Waals surface area contributed by atoms with Crippen molar-refractivity contribution in [3.05, 3.63) is 47.5 Å². The van der Waals surface area contributed by atoms with Crippen LogP contribution in [0.1, 0.15) is 43.9 Å². The third-order valence-corrected chi connectivity index (χ3v) is 4.68. The van der Waals surface area contributed by atoms with Gasteiger partial charge in [-0.2, -0.15) is 0 Å². The van der Waals surface area contributed by atoms with Crippen LogP contribution in [0.3, 0.4) is 0 Å². The van der Waals surface area contributed by atoms with Crippen molar-refractivity contribution in [2.24, 2.45) is 4.99 Å². The van der Waals surface area contributed by atoms with E-state index in [1.54, 1.807) is 0 Å². The van der Waals surface area contributed by atoms with Gasteiger partial charge >= 0.3 is 0 Å². The lowest BCUT2D eigenvalue weighted by molar-refractivity contribution is 0.0529. The average Bonchev–Trinajstić information content (AvgIpc) is 3.13. The maximum absolute atomic E-state index is 5.71. The van der Waals surface area contributed by atoms with Gasteiger partial charge in [-0.1, -0.05) is 0 Å². The van der Waals surface area contributed by atoms with E-state index >= 15 is 0 Å². The molecule has 2 aromatic heterocycles. The zero-order chi connectivity index (χ0) is 19.9. The second-order valence-electron chi connectivity index (χ2n) is 7.16. The number of aryl methyl sites for hydroxylation is 1. The van der Waals surface area contributed by atoms with Crippen molar-refractivity contribution in [3.63, 3.8) is 0 Å². The van der Waals surface area contributed by atoms with Crippen LogP contribution in [0.15, 0.2) is 39.9 Å². The van der Waals surface area contributed by atoms with Gasteiger partial charge in [-0.15, -0.1) is 0 Å². The van der Waals surface area contributed by atoms with Crippen molar-refractivity contribution in [3.8, 4) is 0 Å². The quantitative estimate of drug-likeness (QED) is 0.588. The largest absolute Gasteiger partial charge is 0.464 e. The predicted molar refractivity (Wildman–Crippen MR) is 112 cm³/mol. The summed E-state index contributed by atoms with van der Waals surface area (Å²) in [5, 5.41) is 6.70. The number of guanidine groups is 1. The zero-order valence-electron chi connectivity index (χ0n) is 17.2. The Morgan fingerprint density at radius 3 is 2.96 bits per heavy atom. The smallest absolute Gasteiger partial charge is 0.192 e. The first-order chi connectivity index (χ1) is 13.5. The number of furan rings is 1. The van der Waals surface area contributed by atoms with Crippen molar-refractivity contribution in [1.29, 1.82) is 0 Å². The molecule has 0 bridgehead atoms. The molecule has 0 spiro atoms. The van der Waals surface area contributed by atoms with Crippen LogP contribution >= 0.6 is 0 Å². The minimum absolute atomic E-state index is 0.0364. The number of anilines is 1. The maximum Gasteiger partial charge on any atom is 0.192 e. The molecule has 2 aromatic rings. The van der Waals surface area contributed by atoms with Crippen LogP contribution < -0.4 is 15.5 Å². The summed E-state index contributed by atoms with van der Waals surface area (Å²) in [6, 6.07) is 8.14. The number of morpholine rings is 1. The second-order valence-corrected chi connectivity index (χ2v) is 7.16. The van der Waals surface area contributed by atoms with Gasteiger partial charge in [0.15, 0.2) is 5.96 Å². The monoisotopic (exact) mass is 385 g/mol. The minimum Gasteiger partial charge on any atom is -0.464 e. The van der Waals surface area contributed by atoms with Crippen LogP contribution in [0.2, 0.25) is 0 Å². The fourth-order valence-electron chi connectivity index (χ4n) is 3.21. The normalized spacial score (nSPS) is 18.8. The molecule has 1 fully saturated rings. The number of rotatable bonds is 6. The summed E-state index contributed by atoms with van der Waals surface area (Å²) in [4.78, 5) is 11.5. The first-order valence-corrected chi connectivity index (χ1v) is 9.97. The molecule has 1 aliphatic heterocycles. The van der Waals surface area contributed by atoms with Crippen LogP contribution in [0.5, 0.6) is 0 Å². The molecule has 7 nitrogen and oxygen atoms in total. The van der Waals surface area contributed by atoms with Gasteiger partial charge in [0.1, 0.15) is 17.3 Å². The molecule has 0 aromatic carbocycles. The van der Waals surface area contributed by atoms with Crippen molar-refractivity contribution in [1.82, 2.24) is 15.6 Å². The molecule has 3 rings (SSSR count). The molecule has 28 heavy (non-hydrogen) atoms. The van der Waals surface area contributed by atoms with E-state index < -0.39 is 0 Å². The maximum atomic E-state index is 5.71. The topological polar surface area (TPSA) is 74.9 Å². The molecule has 0 radical (unpaired) electrons. The predicted octanol–water partition coefficient (Wildman–Crippen LogP) is 3.02. The first-order valence-electron chi connectivity index (χ1n) is 9.97. The molecule has 1 aliphatic rings. The van der Waals surface area contributed by atoms with Gasteiger partial charge < -0.3 is 24.7 Å². The zero-order valence-corrected chi connectivity index (χ0v) is 17.2. The Balaban J connectivity index is 1.66. The van der Waals surface area contributed by atoms with Gasteiger partial charge in [0.05, 0.1) is 25.3 Å². The molecular weight excluding hydrogens is 354 g/mol. The lowest BCUT2D eigenvalue weighted by Gasteiger charge is -2.32. The molecule has 1 saturated heterocycles. The summed E-state index contributed by atoms with van der Waals surface area (Å²) in [5.74, 6) is 3.56. The molecule has 2 unspecified atom stereocenters. The SMILES string of the molecule is CCNC(=NCc1ccnc(N2CCOC(C)C2)c1)NC(C)c1ccc(C)o1. The molecule has 7 heteroatoms. The lowest BCUT2D eigenvalue weighted by atomic mass is 10.2. The Kier molecular flexibility index (Phi) is 6.92. The number of hydrogen-bond donors (Lipinski definition) is 2. The van der Waals surface area contributed by atoms with E-state index in [0.29, 0.717) is 6.54 Å². The number of nitrogens with zero attached hydrogens (tertiary/aromatic N) is 3. The van der Waals surface area contributed by atoms with Crippen molar-refractivity contribution in [2.75, 3.05) is 31.1 Å². The highest BCUT2D eigenvalue weighted by Gasteiger charge is 2.18. The summed E-state index contributed by atoms with van der Waals surface area (Å²) in [7, 11) is 0. The number of ether oxygens (including phenoxy) is 1. The highest BCUT2D eigenvalue weighted by Crippen LogP contribution is 2.18. The van der Waals surface area contributed by atoms with Crippen LogP contribution in [0.4, 0.5) is 5.82 Å². The van der Waals surface area contributed by atoms with Gasteiger partial charge in [-0.05, 0) is 57.5 Å². The van der Waals surface area contributed by atoms with E-state index in [0.717, 1.165) is 55.1 Å². The second kappa shape index (κ2) is 9.59. The van der Waals surface area contributed by atoms with E-state index in [1.165, 1.54) is 0 Å². The summed E-state index contributed by atoms with van der Waals surface area (Å²) in [6.45, 7) is 12.0. The third-order valence-electron chi connectivity index (χ3n) is 4.68. The van der Waals surface area contributed by atoms with Crippen molar-refractivity contribution >= 4 is 11.8 Å². The van der Waals surface area contributed by atoms with Gasteiger partial charge in [0, 0.05) is 25.8 Å². The van der Waals surface area contributed by atoms with E-state index in [1.807, 2.05) is 31.3 Å². The Hall–Kier alpha value is -2.54. The number of aliphatic imine (C=N–C) groups is 1. The average molecular weight is 386 g/mol. The van der Waals surface area contributed by atoms with Crippen LogP contribution in [-0.4, -0.2) is 43.3 Å².